The number of ether oxygens (including phenoxy) is 2. The normalized spacial score (nSPS) is 16.5. The van der Waals surface area contributed by atoms with E-state index < -0.39 is 0 Å². The molecule has 1 aromatic rings. The molecule has 1 fully saturated rings. The van der Waals surface area contributed by atoms with Crippen LogP contribution in [0.3, 0.4) is 0 Å². The SMILES string of the molecule is COc1ccc(C(=O)NCC2(CBr)CCCC2)cc1OC. The first-order chi connectivity index (χ1) is 10.1. The van der Waals surface area contributed by atoms with Gasteiger partial charge in [0.2, 0.25) is 0 Å². The monoisotopic (exact) mass is 355 g/mol. The van der Waals surface area contributed by atoms with Crippen molar-refractivity contribution in [1.82, 2.24) is 5.32 Å². The summed E-state index contributed by atoms with van der Waals surface area (Å²) in [4.78, 5) is 12.3. The fourth-order valence-electron chi connectivity index (χ4n) is 2.83. The summed E-state index contributed by atoms with van der Waals surface area (Å²) < 4.78 is 10.4. The second kappa shape index (κ2) is 7.16. The molecule has 0 unspecified atom stereocenters. The van der Waals surface area contributed by atoms with Gasteiger partial charge in [-0.1, -0.05) is 28.8 Å². The van der Waals surface area contributed by atoms with Crippen molar-refractivity contribution < 1.29 is 14.3 Å². The minimum absolute atomic E-state index is 0.0665. The predicted molar refractivity (Wildman–Crippen MR) is 86.6 cm³/mol. The maximum atomic E-state index is 12.3. The zero-order valence-corrected chi connectivity index (χ0v) is 14.2. The summed E-state index contributed by atoms with van der Waals surface area (Å²) in [5.74, 6) is 1.13. The van der Waals surface area contributed by atoms with Gasteiger partial charge >= 0.3 is 0 Å². The van der Waals surface area contributed by atoms with Crippen LogP contribution in [0.5, 0.6) is 11.5 Å². The number of nitrogens with one attached hydrogen (secondary N) is 1. The molecule has 1 aromatic carbocycles. The number of halogens is 1. The van der Waals surface area contributed by atoms with Gasteiger partial charge < -0.3 is 14.8 Å². The van der Waals surface area contributed by atoms with Crippen molar-refractivity contribution in [2.24, 2.45) is 5.41 Å². The highest BCUT2D eigenvalue weighted by molar-refractivity contribution is 9.09. The van der Waals surface area contributed by atoms with E-state index in [1.807, 2.05) is 0 Å². The van der Waals surface area contributed by atoms with Crippen LogP contribution in [0.1, 0.15) is 36.0 Å². The lowest BCUT2D eigenvalue weighted by Gasteiger charge is -2.26. The molecule has 1 aliphatic carbocycles. The van der Waals surface area contributed by atoms with Gasteiger partial charge in [-0.25, -0.2) is 0 Å². The third-order valence-electron chi connectivity index (χ3n) is 4.22. The Kier molecular flexibility index (Phi) is 5.51. The highest BCUT2D eigenvalue weighted by Gasteiger charge is 2.33. The van der Waals surface area contributed by atoms with Gasteiger partial charge in [0.05, 0.1) is 14.2 Å². The molecule has 0 aliphatic heterocycles. The van der Waals surface area contributed by atoms with Gasteiger partial charge in [-0.15, -0.1) is 0 Å². The molecule has 0 spiro atoms. The molecule has 2 rings (SSSR count). The van der Waals surface area contributed by atoms with E-state index >= 15 is 0 Å². The Morgan fingerprint density at radius 1 is 1.24 bits per heavy atom. The summed E-state index contributed by atoms with van der Waals surface area (Å²) in [6, 6.07) is 5.22. The topological polar surface area (TPSA) is 47.6 Å². The van der Waals surface area contributed by atoms with E-state index in [-0.39, 0.29) is 11.3 Å². The molecule has 4 nitrogen and oxygen atoms in total. The number of alkyl halides is 1. The molecule has 0 saturated heterocycles. The Morgan fingerprint density at radius 3 is 2.48 bits per heavy atom. The molecule has 1 aliphatic rings. The van der Waals surface area contributed by atoms with E-state index in [4.69, 9.17) is 9.47 Å². The van der Waals surface area contributed by atoms with E-state index in [1.165, 1.54) is 25.7 Å². The zero-order chi connectivity index (χ0) is 15.3. The third-order valence-corrected chi connectivity index (χ3v) is 5.41. The Labute approximate surface area is 134 Å². The molecule has 0 aromatic heterocycles. The van der Waals surface area contributed by atoms with Gasteiger partial charge in [0, 0.05) is 17.4 Å². The highest BCUT2D eigenvalue weighted by atomic mass is 79.9. The first kappa shape index (κ1) is 16.1. The average molecular weight is 356 g/mol. The number of methoxy groups -OCH3 is 2. The first-order valence-electron chi connectivity index (χ1n) is 7.20. The van der Waals surface area contributed by atoms with Crippen LogP contribution in [-0.4, -0.2) is 32.0 Å². The number of rotatable bonds is 6. The van der Waals surface area contributed by atoms with Crippen LogP contribution in [-0.2, 0) is 0 Å². The molecule has 116 valence electrons. The highest BCUT2D eigenvalue weighted by Crippen LogP contribution is 2.39. The number of hydrogen-bond acceptors (Lipinski definition) is 3. The van der Waals surface area contributed by atoms with Crippen LogP contribution in [0.2, 0.25) is 0 Å². The quantitative estimate of drug-likeness (QED) is 0.795. The molecule has 1 N–H and O–H groups in total. The van der Waals surface area contributed by atoms with Crippen molar-refractivity contribution in [3.05, 3.63) is 23.8 Å². The molecular formula is C16H22BrNO3. The Hall–Kier alpha value is -1.23. The Morgan fingerprint density at radius 2 is 1.90 bits per heavy atom. The molecule has 1 amide bonds. The van der Waals surface area contributed by atoms with Gasteiger partial charge in [-0.05, 0) is 36.5 Å². The van der Waals surface area contributed by atoms with Crippen LogP contribution >= 0.6 is 15.9 Å². The molecule has 0 bridgehead atoms. The second-order valence-corrected chi connectivity index (χ2v) is 6.15. The van der Waals surface area contributed by atoms with Gasteiger partial charge in [0.1, 0.15) is 0 Å². The van der Waals surface area contributed by atoms with Crippen molar-refractivity contribution >= 4 is 21.8 Å². The van der Waals surface area contributed by atoms with Crippen molar-refractivity contribution in [2.45, 2.75) is 25.7 Å². The first-order valence-corrected chi connectivity index (χ1v) is 8.32. The van der Waals surface area contributed by atoms with Crippen LogP contribution in [0.15, 0.2) is 18.2 Å². The third kappa shape index (κ3) is 3.70. The van der Waals surface area contributed by atoms with Crippen molar-refractivity contribution in [1.29, 1.82) is 0 Å². The van der Waals surface area contributed by atoms with E-state index in [0.717, 1.165) is 5.33 Å². The van der Waals surface area contributed by atoms with Gasteiger partial charge in [0.25, 0.3) is 5.91 Å². The van der Waals surface area contributed by atoms with Crippen LogP contribution in [0.25, 0.3) is 0 Å². The number of benzene rings is 1. The lowest BCUT2D eigenvalue weighted by Crippen LogP contribution is -2.37. The predicted octanol–water partition coefficient (Wildman–Crippen LogP) is 3.39. The summed E-state index contributed by atoms with van der Waals surface area (Å²) in [6.07, 6.45) is 4.84. The van der Waals surface area contributed by atoms with Gasteiger partial charge in [-0.2, -0.15) is 0 Å². The summed E-state index contributed by atoms with van der Waals surface area (Å²) in [5, 5.41) is 3.99. The van der Waals surface area contributed by atoms with Crippen molar-refractivity contribution in [2.75, 3.05) is 26.1 Å². The molecule has 0 radical (unpaired) electrons. The number of carbonyl (C=O) groups excluding carboxylic acids is 1. The fraction of sp³-hybridized carbons (Fsp3) is 0.562. The van der Waals surface area contributed by atoms with Crippen LogP contribution in [0.4, 0.5) is 0 Å². The van der Waals surface area contributed by atoms with E-state index in [2.05, 4.69) is 21.2 Å². The van der Waals surface area contributed by atoms with Gasteiger partial charge in [0.15, 0.2) is 11.5 Å². The maximum Gasteiger partial charge on any atom is 0.251 e. The van der Waals surface area contributed by atoms with E-state index in [0.29, 0.717) is 23.6 Å². The fourth-order valence-corrected chi connectivity index (χ4v) is 3.59. The molecule has 0 atom stereocenters. The number of carbonyl (C=O) groups is 1. The van der Waals surface area contributed by atoms with Crippen molar-refractivity contribution in [3.8, 4) is 11.5 Å². The summed E-state index contributed by atoms with van der Waals surface area (Å²) >= 11 is 3.59. The lowest BCUT2D eigenvalue weighted by atomic mass is 9.89. The lowest BCUT2D eigenvalue weighted by molar-refractivity contribution is 0.0935. The summed E-state index contributed by atoms with van der Waals surface area (Å²) in [5.41, 5.74) is 0.807. The second-order valence-electron chi connectivity index (χ2n) is 5.59. The maximum absolute atomic E-state index is 12.3. The molecule has 1 saturated carbocycles. The average Bonchev–Trinajstić information content (AvgIpc) is 3.01. The number of amides is 1. The zero-order valence-electron chi connectivity index (χ0n) is 12.6. The van der Waals surface area contributed by atoms with E-state index in [1.54, 1.807) is 32.4 Å². The number of hydrogen-bond donors (Lipinski definition) is 1. The van der Waals surface area contributed by atoms with E-state index in [9.17, 15) is 4.79 Å². The van der Waals surface area contributed by atoms with Crippen molar-refractivity contribution in [3.63, 3.8) is 0 Å². The Bertz CT molecular complexity index is 498. The Balaban J connectivity index is 2.03. The summed E-state index contributed by atoms with van der Waals surface area (Å²) in [6.45, 7) is 0.714. The van der Waals surface area contributed by atoms with Crippen LogP contribution < -0.4 is 14.8 Å². The molecular weight excluding hydrogens is 334 g/mol. The van der Waals surface area contributed by atoms with Crippen LogP contribution in [0, 0.1) is 5.41 Å². The summed E-state index contributed by atoms with van der Waals surface area (Å²) in [7, 11) is 3.15. The molecule has 0 heterocycles. The van der Waals surface area contributed by atoms with Gasteiger partial charge in [-0.3, -0.25) is 4.79 Å². The smallest absolute Gasteiger partial charge is 0.251 e. The minimum atomic E-state index is -0.0665. The molecule has 5 heteroatoms. The standard InChI is InChI=1S/C16H22BrNO3/c1-20-13-6-5-12(9-14(13)21-2)15(19)18-11-16(10-17)7-3-4-8-16/h5-6,9H,3-4,7-8,10-11H2,1-2H3,(H,18,19). The minimum Gasteiger partial charge on any atom is -0.493 e. The molecule has 21 heavy (non-hydrogen) atoms. The largest absolute Gasteiger partial charge is 0.493 e.